The van der Waals surface area contributed by atoms with Crippen molar-refractivity contribution in [2.45, 2.75) is 20.8 Å². The topological polar surface area (TPSA) is 49.4 Å². The van der Waals surface area contributed by atoms with Crippen LogP contribution in [0.15, 0.2) is 0 Å². The number of nitrogens with zero attached hydrogens (tertiary/aromatic N) is 1. The quantitative estimate of drug-likeness (QED) is 0.403. The maximum atomic E-state index is 5.48. The number of hydrogen-bond acceptors (Lipinski definition) is 6. The summed E-state index contributed by atoms with van der Waals surface area (Å²) in [5, 5.41) is 0. The summed E-state index contributed by atoms with van der Waals surface area (Å²) in [4.78, 5) is 2.19. The van der Waals surface area contributed by atoms with Gasteiger partial charge in [-0.1, -0.05) is 13.8 Å². The minimum Gasteiger partial charge on any atom is -0.382 e. The highest BCUT2D eigenvalue weighted by Gasteiger charge is 1.98. The second kappa shape index (κ2) is 23.0. The molecule has 0 aliphatic rings. The molecule has 0 aliphatic heterocycles. The fourth-order valence-corrected chi connectivity index (χ4v) is 1.38. The third-order valence-corrected chi connectivity index (χ3v) is 2.61. The van der Waals surface area contributed by atoms with E-state index in [-0.39, 0.29) is 0 Å². The third kappa shape index (κ3) is 22.0. The highest BCUT2D eigenvalue weighted by atomic mass is 16.5. The molecule has 0 amide bonds. The molecule has 0 heterocycles. The van der Waals surface area contributed by atoms with Gasteiger partial charge in [0.05, 0.1) is 52.9 Å². The Balaban J connectivity index is 0. The van der Waals surface area contributed by atoms with Crippen LogP contribution in [0, 0.1) is 0 Å². The zero-order valence-corrected chi connectivity index (χ0v) is 15.3. The number of ether oxygens (including phenoxy) is 5. The van der Waals surface area contributed by atoms with Crippen molar-refractivity contribution in [2.24, 2.45) is 0 Å². The van der Waals surface area contributed by atoms with Gasteiger partial charge in [-0.2, -0.15) is 0 Å². The van der Waals surface area contributed by atoms with Gasteiger partial charge in [0.15, 0.2) is 0 Å². The van der Waals surface area contributed by atoms with Crippen molar-refractivity contribution in [3.8, 4) is 0 Å². The van der Waals surface area contributed by atoms with Crippen LogP contribution in [0.25, 0.3) is 0 Å². The fraction of sp³-hybridized carbons (Fsp3) is 1.00. The lowest BCUT2D eigenvalue weighted by atomic mass is 10.5. The Labute approximate surface area is 137 Å². The van der Waals surface area contributed by atoms with E-state index in [4.69, 9.17) is 23.7 Å². The highest BCUT2D eigenvalue weighted by Crippen LogP contribution is 1.86. The summed E-state index contributed by atoms with van der Waals surface area (Å²) in [5.41, 5.74) is 0. The average Bonchev–Trinajstić information content (AvgIpc) is 2.55. The Morgan fingerprint density at radius 3 is 1.50 bits per heavy atom. The maximum Gasteiger partial charge on any atom is 0.0701 e. The van der Waals surface area contributed by atoms with E-state index in [1.165, 1.54) is 0 Å². The maximum absolute atomic E-state index is 5.48. The zero-order valence-electron chi connectivity index (χ0n) is 15.3. The van der Waals surface area contributed by atoms with Gasteiger partial charge in [-0.05, 0) is 14.0 Å². The van der Waals surface area contributed by atoms with Crippen molar-refractivity contribution in [2.75, 3.05) is 86.7 Å². The Bertz CT molecular complexity index is 184. The molecule has 0 saturated carbocycles. The first-order valence-corrected chi connectivity index (χ1v) is 8.29. The number of likely N-dealkylation sites (N-methyl/N-ethyl adjacent to an activating group) is 1. The van der Waals surface area contributed by atoms with Gasteiger partial charge in [-0.3, -0.25) is 0 Å². The number of rotatable bonds is 16. The van der Waals surface area contributed by atoms with Gasteiger partial charge < -0.3 is 28.6 Å². The standard InChI is InChI=1S/C14H31NO5.C2H6/c1-4-17-11-12-18-7-5-15(2)6-8-19-13-14-20-10-9-16-3;1-2/h4-14H2,1-3H3;1-2H3. The molecule has 0 saturated heterocycles. The van der Waals surface area contributed by atoms with Crippen LogP contribution in [0.3, 0.4) is 0 Å². The van der Waals surface area contributed by atoms with Crippen LogP contribution >= 0.6 is 0 Å². The van der Waals surface area contributed by atoms with Gasteiger partial charge in [0.25, 0.3) is 0 Å². The van der Waals surface area contributed by atoms with Gasteiger partial charge in [0, 0.05) is 26.8 Å². The summed E-state index contributed by atoms with van der Waals surface area (Å²) in [6.07, 6.45) is 0. The van der Waals surface area contributed by atoms with Crippen molar-refractivity contribution < 1.29 is 23.7 Å². The van der Waals surface area contributed by atoms with E-state index in [1.54, 1.807) is 7.11 Å². The molecule has 0 N–H and O–H groups in total. The van der Waals surface area contributed by atoms with E-state index in [0.29, 0.717) is 46.2 Å². The first-order chi connectivity index (χ1) is 10.8. The lowest BCUT2D eigenvalue weighted by Crippen LogP contribution is -2.27. The predicted molar refractivity (Wildman–Crippen MR) is 89.7 cm³/mol. The number of methoxy groups -OCH3 is 1. The molecule has 0 radical (unpaired) electrons. The molecule has 0 atom stereocenters. The van der Waals surface area contributed by atoms with Crippen LogP contribution in [0.4, 0.5) is 0 Å². The molecule has 0 aromatic rings. The molecule has 0 aromatic heterocycles. The molecule has 22 heavy (non-hydrogen) atoms. The van der Waals surface area contributed by atoms with Crippen LogP contribution in [0.1, 0.15) is 20.8 Å². The van der Waals surface area contributed by atoms with E-state index in [9.17, 15) is 0 Å². The van der Waals surface area contributed by atoms with Gasteiger partial charge >= 0.3 is 0 Å². The molecular weight excluding hydrogens is 286 g/mol. The van der Waals surface area contributed by atoms with E-state index in [0.717, 1.165) is 26.3 Å². The molecule has 0 unspecified atom stereocenters. The molecule has 0 bridgehead atoms. The lowest BCUT2D eigenvalue weighted by molar-refractivity contribution is 0.0168. The summed E-state index contributed by atoms with van der Waals surface area (Å²) < 4.78 is 26.3. The summed E-state index contributed by atoms with van der Waals surface area (Å²) in [5.74, 6) is 0. The highest BCUT2D eigenvalue weighted by molar-refractivity contribution is 4.49. The zero-order chi connectivity index (χ0) is 16.9. The van der Waals surface area contributed by atoms with Crippen molar-refractivity contribution in [1.29, 1.82) is 0 Å². The van der Waals surface area contributed by atoms with E-state index >= 15 is 0 Å². The molecule has 0 fully saturated rings. The monoisotopic (exact) mass is 323 g/mol. The molecule has 0 rings (SSSR count). The molecular formula is C16H37NO5. The predicted octanol–water partition coefficient (Wildman–Crippen LogP) is 1.68. The molecule has 0 spiro atoms. The summed E-state index contributed by atoms with van der Waals surface area (Å²) in [6, 6.07) is 0. The fourth-order valence-electron chi connectivity index (χ4n) is 1.38. The smallest absolute Gasteiger partial charge is 0.0701 e. The van der Waals surface area contributed by atoms with Crippen molar-refractivity contribution in [3.63, 3.8) is 0 Å². The van der Waals surface area contributed by atoms with Crippen LogP contribution in [0.5, 0.6) is 0 Å². The van der Waals surface area contributed by atoms with Crippen molar-refractivity contribution >= 4 is 0 Å². The van der Waals surface area contributed by atoms with Crippen LogP contribution in [0.2, 0.25) is 0 Å². The van der Waals surface area contributed by atoms with Crippen molar-refractivity contribution in [3.05, 3.63) is 0 Å². The first-order valence-electron chi connectivity index (χ1n) is 8.29. The van der Waals surface area contributed by atoms with Crippen LogP contribution in [-0.4, -0.2) is 91.6 Å². The second-order valence-corrected chi connectivity index (χ2v) is 4.33. The Kier molecular flexibility index (Phi) is 25.1. The molecule has 6 nitrogen and oxygen atoms in total. The van der Waals surface area contributed by atoms with Crippen LogP contribution < -0.4 is 0 Å². The molecule has 136 valence electrons. The summed E-state index contributed by atoms with van der Waals surface area (Å²) in [6.45, 7) is 13.8. The summed E-state index contributed by atoms with van der Waals surface area (Å²) >= 11 is 0. The van der Waals surface area contributed by atoms with Crippen molar-refractivity contribution in [1.82, 2.24) is 4.90 Å². The van der Waals surface area contributed by atoms with E-state index in [2.05, 4.69) is 11.9 Å². The van der Waals surface area contributed by atoms with E-state index in [1.807, 2.05) is 20.8 Å². The largest absolute Gasteiger partial charge is 0.382 e. The second-order valence-electron chi connectivity index (χ2n) is 4.33. The Morgan fingerprint density at radius 1 is 0.636 bits per heavy atom. The SMILES string of the molecule is CC.CCOCCOCCN(C)CCOCCOCCOC. The molecule has 0 aromatic carbocycles. The number of hydrogen-bond donors (Lipinski definition) is 0. The van der Waals surface area contributed by atoms with Gasteiger partial charge in [0.2, 0.25) is 0 Å². The summed E-state index contributed by atoms with van der Waals surface area (Å²) in [7, 11) is 3.72. The van der Waals surface area contributed by atoms with Gasteiger partial charge in [-0.15, -0.1) is 0 Å². The molecule has 6 heteroatoms. The molecule has 0 aliphatic carbocycles. The minimum atomic E-state index is 0.619. The van der Waals surface area contributed by atoms with Crippen LogP contribution in [-0.2, 0) is 23.7 Å². The lowest BCUT2D eigenvalue weighted by Gasteiger charge is -2.16. The van der Waals surface area contributed by atoms with Gasteiger partial charge in [-0.25, -0.2) is 0 Å². The average molecular weight is 323 g/mol. The Hall–Kier alpha value is -0.240. The van der Waals surface area contributed by atoms with Gasteiger partial charge in [0.1, 0.15) is 0 Å². The first kappa shape index (κ1) is 24.0. The van der Waals surface area contributed by atoms with E-state index < -0.39 is 0 Å². The normalized spacial score (nSPS) is 10.6. The Morgan fingerprint density at radius 2 is 1.05 bits per heavy atom. The third-order valence-electron chi connectivity index (χ3n) is 2.61. The minimum absolute atomic E-state index is 0.619.